The van der Waals surface area contributed by atoms with Crippen LogP contribution < -0.4 is 16.4 Å². The largest absolute Gasteiger partial charge is 0.461 e. The molecule has 0 aromatic heterocycles. The van der Waals surface area contributed by atoms with Crippen molar-refractivity contribution in [3.63, 3.8) is 0 Å². The molecule has 4 fully saturated rings. The molecule has 4 aliphatic heterocycles. The minimum Gasteiger partial charge on any atom is -0.461 e. The van der Waals surface area contributed by atoms with Crippen molar-refractivity contribution in [3.05, 3.63) is 35.4 Å². The summed E-state index contributed by atoms with van der Waals surface area (Å²) < 4.78 is 33.1. The Kier molecular flexibility index (Phi) is 10.4. The van der Waals surface area contributed by atoms with E-state index in [2.05, 4.69) is 16.4 Å². The summed E-state index contributed by atoms with van der Waals surface area (Å²) in [5.74, 6) is -5.17. The summed E-state index contributed by atoms with van der Waals surface area (Å²) in [5.41, 5.74) is 4.00. The van der Waals surface area contributed by atoms with Crippen LogP contribution >= 0.6 is 0 Å². The molecule has 15 heteroatoms. The Hall–Kier alpha value is -4.14. The number of benzene rings is 1. The Morgan fingerprint density at radius 1 is 0.915 bits per heavy atom. The highest BCUT2D eigenvalue weighted by Gasteiger charge is 2.46. The first kappa shape index (κ1) is 34.2. The molecule has 5 amide bonds. The predicted octanol–water partition coefficient (Wildman–Crippen LogP) is -0.727. The SMILES string of the molecule is C[C@@H]1C[C@H]2C(=O)OC[C@H](NC(=O)[C@@H]([NH3+])Cc3cc(F)cc(F)c3)C(=O)N3CCC[C@H]3C(=O)N3CCCC[C@H]3C(=O)N[C@@H](C)C(=O)N2C1. The van der Waals surface area contributed by atoms with E-state index >= 15 is 0 Å². The van der Waals surface area contributed by atoms with Crippen LogP contribution in [0.3, 0.4) is 0 Å². The first-order valence-electron chi connectivity index (χ1n) is 16.3. The van der Waals surface area contributed by atoms with E-state index in [-0.39, 0.29) is 31.0 Å². The highest BCUT2D eigenvalue weighted by Crippen LogP contribution is 2.28. The third kappa shape index (κ3) is 7.55. The fraction of sp³-hybridized carbons (Fsp3) is 0.625. The van der Waals surface area contributed by atoms with Crippen molar-refractivity contribution in [3.8, 4) is 0 Å². The second kappa shape index (κ2) is 14.3. The van der Waals surface area contributed by atoms with Crippen molar-refractivity contribution in [2.75, 3.05) is 26.2 Å². The van der Waals surface area contributed by atoms with Crippen molar-refractivity contribution in [1.82, 2.24) is 25.3 Å². The Balaban J connectivity index is 1.43. The van der Waals surface area contributed by atoms with Crippen molar-refractivity contribution in [2.45, 2.75) is 95.0 Å². The quantitative estimate of drug-likeness (QED) is 0.357. The molecule has 5 rings (SSSR count). The normalized spacial score (nSPS) is 29.9. The lowest BCUT2D eigenvalue weighted by atomic mass is 9.99. The molecular formula is C32H43F2N6O7+. The van der Waals surface area contributed by atoms with E-state index in [4.69, 9.17) is 4.74 Å². The molecule has 0 bridgehead atoms. The number of halogens is 2. The van der Waals surface area contributed by atoms with Gasteiger partial charge in [-0.1, -0.05) is 6.92 Å². The topological polar surface area (TPSA) is 173 Å². The highest BCUT2D eigenvalue weighted by atomic mass is 19.1. The first-order chi connectivity index (χ1) is 22.3. The van der Waals surface area contributed by atoms with Gasteiger partial charge in [-0.05, 0) is 69.1 Å². The number of hydrogen-bond acceptors (Lipinski definition) is 7. The smallest absolute Gasteiger partial charge is 0.328 e. The van der Waals surface area contributed by atoms with Crippen molar-refractivity contribution in [1.29, 1.82) is 0 Å². The average molecular weight is 662 g/mol. The van der Waals surface area contributed by atoms with Gasteiger partial charge in [-0.25, -0.2) is 13.6 Å². The second-order valence-corrected chi connectivity index (χ2v) is 13.2. The van der Waals surface area contributed by atoms with Gasteiger partial charge >= 0.3 is 5.97 Å². The number of carbonyl (C=O) groups excluding carboxylic acids is 6. The van der Waals surface area contributed by atoms with Crippen molar-refractivity contribution >= 4 is 35.5 Å². The maximum absolute atomic E-state index is 14.1. The van der Waals surface area contributed by atoms with Gasteiger partial charge in [-0.3, -0.25) is 24.0 Å². The number of fused-ring (bicyclic) bond motifs is 3. The predicted molar refractivity (Wildman–Crippen MR) is 161 cm³/mol. The second-order valence-electron chi connectivity index (χ2n) is 13.2. The number of carbonyl (C=O) groups is 6. The maximum Gasteiger partial charge on any atom is 0.328 e. The van der Waals surface area contributed by atoms with Gasteiger partial charge in [0, 0.05) is 32.1 Å². The van der Waals surface area contributed by atoms with Gasteiger partial charge in [0.05, 0.1) is 0 Å². The number of hydrogen-bond donors (Lipinski definition) is 3. The third-order valence-electron chi connectivity index (χ3n) is 9.49. The van der Waals surface area contributed by atoms with Crippen LogP contribution in [0.25, 0.3) is 0 Å². The van der Waals surface area contributed by atoms with Crippen LogP contribution in [-0.4, -0.2) is 113 Å². The number of ether oxygens (including phenoxy) is 1. The summed E-state index contributed by atoms with van der Waals surface area (Å²) in [7, 11) is 0. The van der Waals surface area contributed by atoms with E-state index in [9.17, 15) is 37.5 Å². The van der Waals surface area contributed by atoms with Gasteiger partial charge in [0.25, 0.3) is 5.91 Å². The van der Waals surface area contributed by atoms with Gasteiger partial charge in [0.15, 0.2) is 6.04 Å². The Morgan fingerprint density at radius 3 is 2.30 bits per heavy atom. The summed E-state index contributed by atoms with van der Waals surface area (Å²) in [6, 6.07) is -3.28. The van der Waals surface area contributed by atoms with Crippen LogP contribution in [0.1, 0.15) is 57.9 Å². The molecule has 5 N–H and O–H groups in total. The number of rotatable bonds is 4. The van der Waals surface area contributed by atoms with Gasteiger partial charge in [0.1, 0.15) is 48.5 Å². The summed E-state index contributed by atoms with van der Waals surface area (Å²) >= 11 is 0. The molecular weight excluding hydrogens is 618 g/mol. The summed E-state index contributed by atoms with van der Waals surface area (Å²) in [6.45, 7) is 3.62. The lowest BCUT2D eigenvalue weighted by Crippen LogP contribution is -2.70. The standard InChI is InChI=1S/C32H42F2N6O7/c1-17-10-26-32(46)47-16-23(37-27(41)22(35)13-19-11-20(33)14-21(34)12-19)30(44)39-9-5-7-25(39)31(45)38-8-4-3-6-24(38)28(42)36-18(2)29(43)40(26)15-17/h11-12,14,17-18,22-26H,3-10,13,15-16,35H2,1-2H3,(H,36,42)(H,37,41)/p+1/t17-,18+,22+,23+,24+,25+,26+/m1/s1. The van der Waals surface area contributed by atoms with Gasteiger partial charge in [-0.15, -0.1) is 0 Å². The van der Waals surface area contributed by atoms with E-state index in [1.54, 1.807) is 6.92 Å². The zero-order valence-electron chi connectivity index (χ0n) is 26.7. The number of piperidine rings is 1. The monoisotopic (exact) mass is 661 g/mol. The molecule has 0 unspecified atom stereocenters. The molecule has 1 aromatic carbocycles. The van der Waals surface area contributed by atoms with Crippen LogP contribution in [-0.2, 0) is 39.9 Å². The van der Waals surface area contributed by atoms with E-state index in [1.807, 2.05) is 6.92 Å². The molecule has 47 heavy (non-hydrogen) atoms. The Morgan fingerprint density at radius 2 is 1.57 bits per heavy atom. The minimum atomic E-state index is -1.41. The molecule has 0 aliphatic carbocycles. The van der Waals surface area contributed by atoms with Crippen LogP contribution in [0.15, 0.2) is 18.2 Å². The van der Waals surface area contributed by atoms with Gasteiger partial charge in [-0.2, -0.15) is 0 Å². The fourth-order valence-corrected chi connectivity index (χ4v) is 7.11. The van der Waals surface area contributed by atoms with Crippen LogP contribution in [0, 0.1) is 17.6 Å². The van der Waals surface area contributed by atoms with E-state index < -0.39 is 90.0 Å². The zero-order chi connectivity index (χ0) is 34.0. The maximum atomic E-state index is 14.1. The molecule has 1 aromatic rings. The van der Waals surface area contributed by atoms with Crippen molar-refractivity contribution < 1.29 is 48.0 Å². The Bertz CT molecular complexity index is 1410. The lowest BCUT2D eigenvalue weighted by Gasteiger charge is -2.39. The van der Waals surface area contributed by atoms with Gasteiger partial charge < -0.3 is 35.8 Å². The molecule has 4 heterocycles. The number of cyclic esters (lactones) is 1. The van der Waals surface area contributed by atoms with Crippen molar-refractivity contribution in [2.24, 2.45) is 5.92 Å². The number of amides is 5. The third-order valence-corrected chi connectivity index (χ3v) is 9.49. The van der Waals surface area contributed by atoms with Crippen LogP contribution in [0.4, 0.5) is 8.78 Å². The fourth-order valence-electron chi connectivity index (χ4n) is 7.11. The molecule has 4 saturated heterocycles. The van der Waals surface area contributed by atoms with Crippen LogP contribution in [0.2, 0.25) is 0 Å². The molecule has 4 aliphatic rings. The summed E-state index contributed by atoms with van der Waals surface area (Å²) in [5, 5.41) is 5.34. The average Bonchev–Trinajstić information content (AvgIpc) is 3.68. The minimum absolute atomic E-state index is 0.0463. The van der Waals surface area contributed by atoms with E-state index in [1.165, 1.54) is 14.7 Å². The van der Waals surface area contributed by atoms with E-state index in [0.717, 1.165) is 12.1 Å². The molecule has 0 spiro atoms. The lowest BCUT2D eigenvalue weighted by molar-refractivity contribution is -0.403. The van der Waals surface area contributed by atoms with Crippen LogP contribution in [0.5, 0.6) is 0 Å². The molecule has 256 valence electrons. The van der Waals surface area contributed by atoms with Gasteiger partial charge in [0.2, 0.25) is 23.6 Å². The summed E-state index contributed by atoms with van der Waals surface area (Å²) in [4.78, 5) is 85.9. The molecule has 13 nitrogen and oxygen atoms in total. The molecule has 0 saturated carbocycles. The molecule has 0 radical (unpaired) electrons. The zero-order valence-corrected chi connectivity index (χ0v) is 26.7. The first-order valence-corrected chi connectivity index (χ1v) is 16.3. The number of nitrogens with one attached hydrogen (secondary N) is 2. The number of quaternary nitrogens is 1. The highest BCUT2D eigenvalue weighted by molar-refractivity contribution is 5.97. The molecule has 7 atom stereocenters. The Labute approximate surface area is 271 Å². The summed E-state index contributed by atoms with van der Waals surface area (Å²) in [6.07, 6.45) is 2.78. The van der Waals surface area contributed by atoms with E-state index in [0.29, 0.717) is 51.1 Å². The number of nitrogens with zero attached hydrogens (tertiary/aromatic N) is 3. The number of esters is 1.